The Balaban J connectivity index is 1.83. The zero-order valence-corrected chi connectivity index (χ0v) is 21.4. The van der Waals surface area contributed by atoms with Gasteiger partial charge in [-0.25, -0.2) is 13.4 Å². The fourth-order valence-corrected chi connectivity index (χ4v) is 5.10. The third-order valence-corrected chi connectivity index (χ3v) is 7.10. The van der Waals surface area contributed by atoms with E-state index in [1.54, 1.807) is 14.0 Å². The maximum atomic E-state index is 13.2. The Morgan fingerprint density at radius 3 is 2.67 bits per heavy atom. The molecule has 4 aromatic rings. The van der Waals surface area contributed by atoms with E-state index in [0.717, 1.165) is 6.42 Å². The first-order valence-corrected chi connectivity index (χ1v) is 13.0. The van der Waals surface area contributed by atoms with Gasteiger partial charge in [-0.15, -0.1) is 0 Å². The Kier molecular flexibility index (Phi) is 7.01. The van der Waals surface area contributed by atoms with E-state index in [0.29, 0.717) is 41.1 Å². The second-order valence-corrected chi connectivity index (χ2v) is 10.0. The summed E-state index contributed by atoms with van der Waals surface area (Å²) in [4.78, 5) is 20.2. The maximum absolute atomic E-state index is 13.2. The van der Waals surface area contributed by atoms with Crippen molar-refractivity contribution in [3.05, 3.63) is 63.0 Å². The van der Waals surface area contributed by atoms with Crippen LogP contribution in [0, 0.1) is 11.3 Å². The predicted octanol–water partition coefficient (Wildman–Crippen LogP) is 4.00. The van der Waals surface area contributed by atoms with Crippen LogP contribution in [0.5, 0.6) is 5.75 Å². The molecule has 0 aliphatic rings. The number of aryl methyl sites for hydroxylation is 2. The first-order chi connectivity index (χ1) is 17.2. The van der Waals surface area contributed by atoms with Gasteiger partial charge in [-0.1, -0.05) is 24.9 Å². The molecule has 0 spiro atoms. The number of ether oxygens (including phenoxy) is 1. The van der Waals surface area contributed by atoms with Crippen LogP contribution < -0.4 is 15.0 Å². The molecule has 10 nitrogen and oxygen atoms in total. The molecular formula is C24H23ClN6O4S. The number of rotatable bonds is 8. The third kappa shape index (κ3) is 4.78. The molecule has 0 fully saturated rings. The summed E-state index contributed by atoms with van der Waals surface area (Å²) in [5.74, 6) is 0.529. The highest BCUT2D eigenvalue weighted by Gasteiger charge is 2.21. The highest BCUT2D eigenvalue weighted by Crippen LogP contribution is 2.32. The number of H-pyrrole nitrogens is 1. The number of halogens is 1. The number of sulfonamides is 1. The van der Waals surface area contributed by atoms with Gasteiger partial charge in [-0.05, 0) is 49.7 Å². The number of fused-ring (bicyclic) bond motifs is 1. The van der Waals surface area contributed by atoms with E-state index in [9.17, 15) is 13.2 Å². The lowest BCUT2D eigenvalue weighted by Gasteiger charge is -2.13. The molecule has 2 N–H and O–H groups in total. The van der Waals surface area contributed by atoms with Crippen molar-refractivity contribution in [1.29, 1.82) is 5.26 Å². The minimum atomic E-state index is -4.06. The van der Waals surface area contributed by atoms with Crippen molar-refractivity contribution >= 4 is 38.3 Å². The lowest BCUT2D eigenvalue weighted by molar-refractivity contribution is 0.341. The minimum Gasteiger partial charge on any atom is -0.493 e. The lowest BCUT2D eigenvalue weighted by atomic mass is 10.1. The van der Waals surface area contributed by atoms with Crippen LogP contribution in [-0.4, -0.2) is 34.8 Å². The second kappa shape index (κ2) is 10.0. The van der Waals surface area contributed by atoms with Gasteiger partial charge in [0.25, 0.3) is 15.6 Å². The summed E-state index contributed by atoms with van der Waals surface area (Å²) in [6.45, 7) is 4.12. The number of anilines is 1. The van der Waals surface area contributed by atoms with Crippen molar-refractivity contribution in [3.8, 4) is 23.2 Å². The van der Waals surface area contributed by atoms with E-state index < -0.39 is 15.6 Å². The number of hydrogen-bond donors (Lipinski definition) is 2. The molecule has 0 aliphatic carbocycles. The van der Waals surface area contributed by atoms with Crippen molar-refractivity contribution in [2.75, 3.05) is 11.3 Å². The number of benzene rings is 2. The summed E-state index contributed by atoms with van der Waals surface area (Å²) in [5.41, 5.74) is 1.82. The van der Waals surface area contributed by atoms with E-state index in [1.807, 2.05) is 13.0 Å². The summed E-state index contributed by atoms with van der Waals surface area (Å²) in [6.07, 6.45) is 1.45. The normalized spacial score (nSPS) is 11.4. The van der Waals surface area contributed by atoms with Crippen LogP contribution in [0.3, 0.4) is 0 Å². The Morgan fingerprint density at radius 2 is 2.00 bits per heavy atom. The highest BCUT2D eigenvalue weighted by molar-refractivity contribution is 7.92. The number of nitrogens with zero attached hydrogens (tertiary/aromatic N) is 4. The van der Waals surface area contributed by atoms with Crippen LogP contribution in [0.2, 0.25) is 5.02 Å². The Hall–Kier alpha value is -3.88. The van der Waals surface area contributed by atoms with Crippen molar-refractivity contribution in [3.63, 3.8) is 0 Å². The van der Waals surface area contributed by atoms with Crippen molar-refractivity contribution in [2.45, 2.75) is 31.6 Å². The van der Waals surface area contributed by atoms with Crippen molar-refractivity contribution in [2.24, 2.45) is 7.05 Å². The van der Waals surface area contributed by atoms with E-state index in [4.69, 9.17) is 21.6 Å². The molecule has 12 heteroatoms. The fourth-order valence-electron chi connectivity index (χ4n) is 3.81. The van der Waals surface area contributed by atoms with Crippen molar-refractivity contribution in [1.82, 2.24) is 19.7 Å². The van der Waals surface area contributed by atoms with E-state index in [2.05, 4.69) is 19.8 Å². The highest BCUT2D eigenvalue weighted by atomic mass is 35.5. The Labute approximate surface area is 212 Å². The van der Waals surface area contributed by atoms with Gasteiger partial charge in [-0.3, -0.25) is 14.2 Å². The largest absolute Gasteiger partial charge is 0.493 e. The average Bonchev–Trinajstić information content (AvgIpc) is 3.15. The molecule has 0 radical (unpaired) electrons. The first kappa shape index (κ1) is 25.2. The van der Waals surface area contributed by atoms with Gasteiger partial charge in [0, 0.05) is 7.05 Å². The SMILES string of the molecule is CCCc1nn(C)c2c(=O)[nH]c(-c3cc(S(=O)(=O)Nc4ccc(C#N)c(Cl)c4)ccc3OCC)nc12. The zero-order chi connectivity index (χ0) is 26.0. The van der Waals surface area contributed by atoms with Crippen LogP contribution in [0.15, 0.2) is 46.1 Å². The maximum Gasteiger partial charge on any atom is 0.277 e. The molecule has 186 valence electrons. The van der Waals surface area contributed by atoms with Crippen molar-refractivity contribution < 1.29 is 13.2 Å². The van der Waals surface area contributed by atoms with Crippen LogP contribution in [0.25, 0.3) is 22.4 Å². The third-order valence-electron chi connectivity index (χ3n) is 5.41. The standard InChI is InChI=1S/C24H23ClN6O4S/c1-4-6-19-21-22(31(3)29-19)24(32)28-23(27-21)17-12-16(9-10-20(17)35-5-2)36(33,34)30-15-8-7-14(13-26)18(25)11-15/h7-12,30H,4-6H2,1-3H3,(H,27,28,32). The van der Waals surface area contributed by atoms with E-state index in [1.165, 1.54) is 41.1 Å². The van der Waals surface area contributed by atoms with E-state index >= 15 is 0 Å². The second-order valence-electron chi connectivity index (χ2n) is 7.93. The van der Waals surface area contributed by atoms with Gasteiger partial charge in [0.05, 0.1) is 39.0 Å². The molecule has 0 atom stereocenters. The zero-order valence-electron chi connectivity index (χ0n) is 19.8. The van der Waals surface area contributed by atoms with Gasteiger partial charge in [0.15, 0.2) is 5.52 Å². The minimum absolute atomic E-state index is 0.0795. The van der Waals surface area contributed by atoms with Gasteiger partial charge in [-0.2, -0.15) is 10.4 Å². The molecule has 2 heterocycles. The summed E-state index contributed by atoms with van der Waals surface area (Å²) >= 11 is 6.04. The van der Waals surface area contributed by atoms with Gasteiger partial charge in [0.1, 0.15) is 23.2 Å². The molecule has 36 heavy (non-hydrogen) atoms. The molecule has 0 aliphatic heterocycles. The monoisotopic (exact) mass is 526 g/mol. The Bertz CT molecular complexity index is 1670. The molecule has 2 aromatic heterocycles. The van der Waals surface area contributed by atoms with Gasteiger partial charge < -0.3 is 9.72 Å². The number of hydrogen-bond acceptors (Lipinski definition) is 7. The summed E-state index contributed by atoms with van der Waals surface area (Å²) in [6, 6.07) is 10.5. The molecule has 0 saturated heterocycles. The average molecular weight is 527 g/mol. The fraction of sp³-hybridized carbons (Fsp3) is 0.250. The van der Waals surface area contributed by atoms with Gasteiger partial charge in [0.2, 0.25) is 0 Å². The molecule has 0 amide bonds. The first-order valence-electron chi connectivity index (χ1n) is 11.1. The number of aromatic amines is 1. The summed E-state index contributed by atoms with van der Waals surface area (Å²) in [7, 11) is -2.38. The number of nitriles is 1. The molecule has 2 aromatic carbocycles. The smallest absolute Gasteiger partial charge is 0.277 e. The molecule has 4 rings (SSSR count). The van der Waals surface area contributed by atoms with E-state index in [-0.39, 0.29) is 27.0 Å². The topological polar surface area (TPSA) is 143 Å². The molecule has 0 bridgehead atoms. The van der Waals surface area contributed by atoms with Gasteiger partial charge >= 0.3 is 0 Å². The predicted molar refractivity (Wildman–Crippen MR) is 137 cm³/mol. The number of nitrogens with one attached hydrogen (secondary N) is 2. The van der Waals surface area contributed by atoms with Crippen LogP contribution >= 0.6 is 11.6 Å². The molecule has 0 saturated carbocycles. The Morgan fingerprint density at radius 1 is 1.22 bits per heavy atom. The molecular weight excluding hydrogens is 504 g/mol. The van der Waals surface area contributed by atoms with Crippen LogP contribution in [-0.2, 0) is 23.5 Å². The summed E-state index contributed by atoms with van der Waals surface area (Å²) < 4.78 is 36.0. The lowest BCUT2D eigenvalue weighted by Crippen LogP contribution is -2.15. The molecule has 0 unspecified atom stereocenters. The summed E-state index contributed by atoms with van der Waals surface area (Å²) in [5, 5.41) is 13.6. The van der Waals surface area contributed by atoms with Crippen LogP contribution in [0.1, 0.15) is 31.5 Å². The van der Waals surface area contributed by atoms with Crippen LogP contribution in [0.4, 0.5) is 5.69 Å². The number of aromatic nitrogens is 4. The quantitative estimate of drug-likeness (QED) is 0.353.